The molecule has 5 heteroatoms. The lowest BCUT2D eigenvalue weighted by Gasteiger charge is -2.09. The summed E-state index contributed by atoms with van der Waals surface area (Å²) in [7, 11) is 0. The lowest BCUT2D eigenvalue weighted by atomic mass is 10.1. The Morgan fingerprint density at radius 1 is 1.16 bits per heavy atom. The number of aromatic nitrogens is 2. The van der Waals surface area contributed by atoms with E-state index in [1.807, 2.05) is 10.8 Å². The Morgan fingerprint density at radius 2 is 1.84 bits per heavy atom. The predicted octanol–water partition coefficient (Wildman–Crippen LogP) is 3.83. The van der Waals surface area contributed by atoms with Gasteiger partial charge in [0.25, 0.3) is 0 Å². The van der Waals surface area contributed by atoms with Crippen molar-refractivity contribution in [2.75, 3.05) is 0 Å². The molecule has 1 heterocycles. The molecule has 100 valence electrons. The molecule has 19 heavy (non-hydrogen) atoms. The van der Waals surface area contributed by atoms with Crippen molar-refractivity contribution in [1.82, 2.24) is 9.55 Å². The van der Waals surface area contributed by atoms with Crippen molar-refractivity contribution in [2.24, 2.45) is 0 Å². The van der Waals surface area contributed by atoms with E-state index in [0.717, 1.165) is 36.4 Å². The SMILES string of the molecule is FC(F)(F)c1ccc(Cn2ccnc2C2CC2)cc1. The lowest BCUT2D eigenvalue weighted by Crippen LogP contribution is -2.06. The average molecular weight is 266 g/mol. The molecule has 1 aromatic heterocycles. The van der Waals surface area contributed by atoms with Crippen molar-refractivity contribution < 1.29 is 13.2 Å². The van der Waals surface area contributed by atoms with Gasteiger partial charge in [-0.15, -0.1) is 0 Å². The van der Waals surface area contributed by atoms with Gasteiger partial charge in [-0.25, -0.2) is 4.98 Å². The smallest absolute Gasteiger partial charge is 0.330 e. The first-order chi connectivity index (χ1) is 9.04. The number of hydrogen-bond donors (Lipinski definition) is 0. The molecule has 0 N–H and O–H groups in total. The van der Waals surface area contributed by atoms with Crippen LogP contribution in [0.1, 0.15) is 35.7 Å². The largest absolute Gasteiger partial charge is 0.416 e. The maximum Gasteiger partial charge on any atom is 0.416 e. The Bertz CT molecular complexity index is 565. The van der Waals surface area contributed by atoms with Crippen LogP contribution in [0, 0.1) is 0 Å². The highest BCUT2D eigenvalue weighted by molar-refractivity contribution is 5.25. The van der Waals surface area contributed by atoms with Crippen LogP contribution in [-0.2, 0) is 12.7 Å². The highest BCUT2D eigenvalue weighted by Gasteiger charge is 2.30. The second-order valence-electron chi connectivity index (χ2n) is 4.88. The molecule has 3 rings (SSSR count). The number of alkyl halides is 3. The standard InChI is InChI=1S/C14H13F3N2/c15-14(16,17)12-5-1-10(2-6-12)9-19-8-7-18-13(19)11-3-4-11/h1-2,5-8,11H,3-4,9H2. The Labute approximate surface area is 108 Å². The first kappa shape index (κ1) is 12.3. The summed E-state index contributed by atoms with van der Waals surface area (Å²) in [4.78, 5) is 4.31. The molecule has 1 aromatic carbocycles. The molecular formula is C14H13F3N2. The van der Waals surface area contributed by atoms with Crippen molar-refractivity contribution in [3.8, 4) is 0 Å². The van der Waals surface area contributed by atoms with Crippen LogP contribution < -0.4 is 0 Å². The van der Waals surface area contributed by atoms with Crippen LogP contribution in [-0.4, -0.2) is 9.55 Å². The number of imidazole rings is 1. The third-order valence-electron chi connectivity index (χ3n) is 3.32. The molecule has 0 aliphatic heterocycles. The topological polar surface area (TPSA) is 17.8 Å². The number of hydrogen-bond acceptors (Lipinski definition) is 1. The molecule has 0 spiro atoms. The minimum absolute atomic E-state index is 0.532. The molecule has 2 aromatic rings. The number of rotatable bonds is 3. The molecule has 1 fully saturated rings. The fraction of sp³-hybridized carbons (Fsp3) is 0.357. The number of nitrogens with zero attached hydrogens (tertiary/aromatic N) is 2. The van der Waals surface area contributed by atoms with Gasteiger partial charge in [0.2, 0.25) is 0 Å². The summed E-state index contributed by atoms with van der Waals surface area (Å²) in [6, 6.07) is 5.31. The maximum absolute atomic E-state index is 12.5. The summed E-state index contributed by atoms with van der Waals surface area (Å²) in [6.45, 7) is 0.573. The minimum atomic E-state index is -4.27. The molecule has 0 radical (unpaired) electrons. The maximum atomic E-state index is 12.5. The van der Waals surface area contributed by atoms with Gasteiger partial charge in [0.1, 0.15) is 5.82 Å². The van der Waals surface area contributed by atoms with Crippen LogP contribution in [0.5, 0.6) is 0 Å². The van der Waals surface area contributed by atoms with E-state index < -0.39 is 11.7 Å². The van der Waals surface area contributed by atoms with Crippen molar-refractivity contribution in [3.63, 3.8) is 0 Å². The van der Waals surface area contributed by atoms with E-state index in [2.05, 4.69) is 4.98 Å². The third kappa shape index (κ3) is 2.64. The lowest BCUT2D eigenvalue weighted by molar-refractivity contribution is -0.137. The van der Waals surface area contributed by atoms with Gasteiger partial charge in [-0.1, -0.05) is 12.1 Å². The number of benzene rings is 1. The molecule has 1 aliphatic rings. The summed E-state index contributed by atoms with van der Waals surface area (Å²) in [5, 5.41) is 0. The summed E-state index contributed by atoms with van der Waals surface area (Å²) < 4.78 is 39.4. The van der Waals surface area contributed by atoms with Crippen LogP contribution in [0.2, 0.25) is 0 Å². The van der Waals surface area contributed by atoms with Gasteiger partial charge >= 0.3 is 6.18 Å². The summed E-state index contributed by atoms with van der Waals surface area (Å²) in [5.41, 5.74) is 0.247. The van der Waals surface area contributed by atoms with Crippen molar-refractivity contribution in [1.29, 1.82) is 0 Å². The molecule has 2 nitrogen and oxygen atoms in total. The Balaban J connectivity index is 1.78. The molecule has 0 bridgehead atoms. The van der Waals surface area contributed by atoms with Crippen LogP contribution in [0.3, 0.4) is 0 Å². The summed E-state index contributed by atoms with van der Waals surface area (Å²) in [5.74, 6) is 1.57. The van der Waals surface area contributed by atoms with Crippen LogP contribution >= 0.6 is 0 Å². The van der Waals surface area contributed by atoms with Gasteiger partial charge < -0.3 is 4.57 Å². The first-order valence-electron chi connectivity index (χ1n) is 6.21. The van der Waals surface area contributed by atoms with Crippen LogP contribution in [0.4, 0.5) is 13.2 Å². The second kappa shape index (κ2) is 4.40. The predicted molar refractivity (Wildman–Crippen MR) is 64.7 cm³/mol. The fourth-order valence-electron chi connectivity index (χ4n) is 2.15. The molecule has 1 aliphatic carbocycles. The van der Waals surface area contributed by atoms with E-state index in [1.165, 1.54) is 12.1 Å². The van der Waals surface area contributed by atoms with Gasteiger partial charge in [0, 0.05) is 24.9 Å². The highest BCUT2D eigenvalue weighted by Crippen LogP contribution is 2.39. The van der Waals surface area contributed by atoms with E-state index in [9.17, 15) is 13.2 Å². The Hall–Kier alpha value is -1.78. The Morgan fingerprint density at radius 3 is 2.42 bits per heavy atom. The van der Waals surface area contributed by atoms with Crippen molar-refractivity contribution >= 4 is 0 Å². The number of halogens is 3. The zero-order chi connectivity index (χ0) is 13.5. The van der Waals surface area contributed by atoms with Crippen LogP contribution in [0.15, 0.2) is 36.7 Å². The monoisotopic (exact) mass is 266 g/mol. The van der Waals surface area contributed by atoms with E-state index in [4.69, 9.17) is 0 Å². The van der Waals surface area contributed by atoms with Crippen molar-refractivity contribution in [2.45, 2.75) is 31.5 Å². The van der Waals surface area contributed by atoms with E-state index in [0.29, 0.717) is 12.5 Å². The summed E-state index contributed by atoms with van der Waals surface area (Å²) >= 11 is 0. The normalized spacial score (nSPS) is 15.7. The van der Waals surface area contributed by atoms with Gasteiger partial charge in [0.05, 0.1) is 5.56 Å². The van der Waals surface area contributed by atoms with Gasteiger partial charge in [-0.05, 0) is 30.5 Å². The highest BCUT2D eigenvalue weighted by atomic mass is 19.4. The van der Waals surface area contributed by atoms with E-state index in [-0.39, 0.29) is 0 Å². The quantitative estimate of drug-likeness (QED) is 0.825. The molecule has 1 saturated carbocycles. The molecule has 0 atom stereocenters. The minimum Gasteiger partial charge on any atom is -0.330 e. The second-order valence-corrected chi connectivity index (χ2v) is 4.88. The average Bonchev–Trinajstić information content (AvgIpc) is 3.10. The van der Waals surface area contributed by atoms with Crippen molar-refractivity contribution in [3.05, 3.63) is 53.6 Å². The van der Waals surface area contributed by atoms with Gasteiger partial charge in [-0.3, -0.25) is 0 Å². The third-order valence-corrected chi connectivity index (χ3v) is 3.32. The Kier molecular flexibility index (Phi) is 2.84. The fourth-order valence-corrected chi connectivity index (χ4v) is 2.15. The van der Waals surface area contributed by atoms with E-state index in [1.54, 1.807) is 6.20 Å². The van der Waals surface area contributed by atoms with Crippen LogP contribution in [0.25, 0.3) is 0 Å². The van der Waals surface area contributed by atoms with Gasteiger partial charge in [0.15, 0.2) is 0 Å². The summed E-state index contributed by atoms with van der Waals surface area (Å²) in [6.07, 6.45) is 1.67. The zero-order valence-electron chi connectivity index (χ0n) is 10.2. The molecular weight excluding hydrogens is 253 g/mol. The zero-order valence-corrected chi connectivity index (χ0v) is 10.2. The molecule has 0 saturated heterocycles. The molecule has 0 amide bonds. The van der Waals surface area contributed by atoms with Gasteiger partial charge in [-0.2, -0.15) is 13.2 Å². The first-order valence-corrected chi connectivity index (χ1v) is 6.21. The van der Waals surface area contributed by atoms with E-state index >= 15 is 0 Å². The molecule has 0 unspecified atom stereocenters.